The van der Waals surface area contributed by atoms with E-state index in [9.17, 15) is 9.50 Å². The molecule has 2 aliphatic carbocycles. The molecule has 2 aliphatic rings. The lowest BCUT2D eigenvalue weighted by atomic mass is 9.53. The highest BCUT2D eigenvalue weighted by Crippen LogP contribution is 2.58. The van der Waals surface area contributed by atoms with Gasteiger partial charge in [0.2, 0.25) is 0 Å². The lowest BCUT2D eigenvalue weighted by molar-refractivity contribution is -0.0480. The first-order valence-electron chi connectivity index (χ1n) is 11.8. The van der Waals surface area contributed by atoms with Gasteiger partial charge in [0.25, 0.3) is 0 Å². The second kappa shape index (κ2) is 8.89. The van der Waals surface area contributed by atoms with Crippen molar-refractivity contribution in [3.63, 3.8) is 0 Å². The minimum absolute atomic E-state index is 0. The summed E-state index contributed by atoms with van der Waals surface area (Å²) in [5.74, 6) is -0.223. The topological polar surface area (TPSA) is 38.0 Å². The molecule has 3 atom stereocenters. The van der Waals surface area contributed by atoms with Gasteiger partial charge >= 0.3 is 0 Å². The number of allylic oxidation sites excluding steroid dienone is 1. The first kappa shape index (κ1) is 23.7. The van der Waals surface area contributed by atoms with Crippen molar-refractivity contribution in [1.29, 1.82) is 0 Å². The van der Waals surface area contributed by atoms with E-state index in [0.717, 1.165) is 48.2 Å². The van der Waals surface area contributed by atoms with Crippen LogP contribution in [0.5, 0.6) is 0 Å². The van der Waals surface area contributed by atoms with E-state index in [4.69, 9.17) is 0 Å². The van der Waals surface area contributed by atoms with Crippen molar-refractivity contribution in [2.75, 3.05) is 0 Å². The highest BCUT2D eigenvalue weighted by molar-refractivity contribution is 7.08. The Bertz CT molecular complexity index is 1340. The second-order valence-electron chi connectivity index (χ2n) is 9.80. The third-order valence-corrected chi connectivity index (χ3v) is 8.63. The number of fused-ring (bicyclic) bond motifs is 2. The fourth-order valence-electron chi connectivity index (χ4n) is 6.24. The van der Waals surface area contributed by atoms with E-state index in [-0.39, 0.29) is 24.6 Å². The van der Waals surface area contributed by atoms with Gasteiger partial charge in [-0.25, -0.2) is 9.07 Å². The summed E-state index contributed by atoms with van der Waals surface area (Å²) in [7, 11) is 0. The maximum Gasteiger partial charge on any atom is 0.123 e. The minimum Gasteiger partial charge on any atom is -0.380 e. The smallest absolute Gasteiger partial charge is 0.123 e. The number of thiophene rings is 1. The van der Waals surface area contributed by atoms with Crippen molar-refractivity contribution in [3.8, 4) is 5.69 Å². The molecule has 0 radical (unpaired) electrons. The van der Waals surface area contributed by atoms with Crippen LogP contribution in [-0.2, 0) is 12.0 Å². The van der Waals surface area contributed by atoms with Gasteiger partial charge in [-0.05, 0) is 95.0 Å². The van der Waals surface area contributed by atoms with E-state index in [0.29, 0.717) is 0 Å². The maximum atomic E-state index is 13.5. The average Bonchev–Trinajstić information content (AvgIpc) is 3.53. The molecular formula is C30H31FN2OS. The van der Waals surface area contributed by atoms with Gasteiger partial charge < -0.3 is 5.11 Å². The molecule has 35 heavy (non-hydrogen) atoms. The summed E-state index contributed by atoms with van der Waals surface area (Å²) in [5, 5.41) is 21.4. The van der Waals surface area contributed by atoms with Gasteiger partial charge in [0.1, 0.15) is 11.4 Å². The number of hydrogen-bond donors (Lipinski definition) is 1. The van der Waals surface area contributed by atoms with Crippen LogP contribution in [0.4, 0.5) is 4.39 Å². The van der Waals surface area contributed by atoms with Crippen molar-refractivity contribution in [2.24, 2.45) is 11.3 Å². The van der Waals surface area contributed by atoms with Gasteiger partial charge in [0.15, 0.2) is 0 Å². The van der Waals surface area contributed by atoms with Crippen molar-refractivity contribution in [2.45, 2.75) is 45.6 Å². The largest absolute Gasteiger partial charge is 0.380 e. The molecule has 2 aromatic heterocycles. The molecule has 0 amide bonds. The Hall–Kier alpha value is -3.02. The van der Waals surface area contributed by atoms with E-state index >= 15 is 0 Å². The monoisotopic (exact) mass is 486 g/mol. The van der Waals surface area contributed by atoms with Crippen LogP contribution in [0, 0.1) is 17.2 Å². The molecule has 180 valence electrons. The SMILES string of the molecule is C.C[C@]12Cc3cnn(-c4ccc(F)cc4)c3C=C1CCC[C@@H]2C(O)(c1ccccc1)c1ccsc1. The zero-order valence-electron chi connectivity index (χ0n) is 19.1. The highest BCUT2D eigenvalue weighted by Gasteiger charge is 2.53. The van der Waals surface area contributed by atoms with Crippen molar-refractivity contribution in [1.82, 2.24) is 9.78 Å². The maximum absolute atomic E-state index is 13.5. The van der Waals surface area contributed by atoms with Gasteiger partial charge in [-0.1, -0.05) is 50.3 Å². The molecule has 1 unspecified atom stereocenters. The fourth-order valence-corrected chi connectivity index (χ4v) is 6.95. The number of aliphatic hydroxyl groups is 1. The lowest BCUT2D eigenvalue weighted by Gasteiger charge is -2.52. The average molecular weight is 487 g/mol. The van der Waals surface area contributed by atoms with Crippen LogP contribution in [0.15, 0.2) is 83.2 Å². The standard InChI is InChI=1S/C29H27FN2OS.CH4/c1-28-17-20-18-31-32(25-12-10-24(30)11-13-25)26(20)16-22(28)8-5-9-27(28)29(33,23-14-15-34-19-23)21-6-3-2-4-7-21;/h2-4,6-7,10-16,18-19,27,33H,5,8-9,17H2,1H3;1H4/t27-,28-,29?;/m0./s1. The molecule has 1 N–H and O–H groups in total. The fraction of sp³-hybridized carbons (Fsp3) is 0.300. The molecule has 1 fully saturated rings. The van der Waals surface area contributed by atoms with Gasteiger partial charge in [-0.15, -0.1) is 0 Å². The molecule has 6 rings (SSSR count). The van der Waals surface area contributed by atoms with Crippen molar-refractivity contribution < 1.29 is 9.50 Å². The minimum atomic E-state index is -1.07. The summed E-state index contributed by atoms with van der Waals surface area (Å²) in [5.41, 5.74) is 5.12. The van der Waals surface area contributed by atoms with Gasteiger partial charge in [0, 0.05) is 5.92 Å². The van der Waals surface area contributed by atoms with Crippen LogP contribution in [0.2, 0.25) is 0 Å². The van der Waals surface area contributed by atoms with E-state index in [1.807, 2.05) is 29.1 Å². The van der Waals surface area contributed by atoms with Crippen LogP contribution >= 0.6 is 11.3 Å². The van der Waals surface area contributed by atoms with E-state index in [1.165, 1.54) is 23.3 Å². The van der Waals surface area contributed by atoms with Crippen LogP contribution in [0.1, 0.15) is 56.0 Å². The second-order valence-corrected chi connectivity index (χ2v) is 10.6. The zero-order chi connectivity index (χ0) is 23.3. The van der Waals surface area contributed by atoms with Crippen LogP contribution in [0.3, 0.4) is 0 Å². The molecule has 0 bridgehead atoms. The first-order chi connectivity index (χ1) is 16.5. The summed E-state index contributed by atoms with van der Waals surface area (Å²) in [6.07, 6.45) is 8.03. The Morgan fingerprint density at radius 1 is 1.09 bits per heavy atom. The van der Waals surface area contributed by atoms with E-state index in [1.54, 1.807) is 23.5 Å². The third kappa shape index (κ3) is 3.69. The normalized spacial score (nSPS) is 22.8. The quantitative estimate of drug-likeness (QED) is 0.327. The Kier molecular flexibility index (Phi) is 6.02. The summed E-state index contributed by atoms with van der Waals surface area (Å²) in [4.78, 5) is 0. The molecular weight excluding hydrogens is 455 g/mol. The molecule has 2 heterocycles. The summed E-state index contributed by atoms with van der Waals surface area (Å²) < 4.78 is 15.4. The number of rotatable bonds is 4. The molecule has 2 aromatic carbocycles. The molecule has 4 aromatic rings. The number of benzene rings is 2. The molecule has 0 spiro atoms. The summed E-state index contributed by atoms with van der Waals surface area (Å²) >= 11 is 1.63. The predicted molar refractivity (Wildman–Crippen MR) is 141 cm³/mol. The molecule has 3 nitrogen and oxygen atoms in total. The number of hydrogen-bond acceptors (Lipinski definition) is 3. The van der Waals surface area contributed by atoms with Gasteiger partial charge in [-0.3, -0.25) is 0 Å². The first-order valence-corrected chi connectivity index (χ1v) is 12.8. The van der Waals surface area contributed by atoms with Crippen molar-refractivity contribution >= 4 is 17.4 Å². The number of nitrogens with zero attached hydrogens (tertiary/aromatic N) is 2. The molecule has 1 saturated carbocycles. The molecule has 5 heteroatoms. The molecule has 0 saturated heterocycles. The highest BCUT2D eigenvalue weighted by atomic mass is 32.1. The zero-order valence-corrected chi connectivity index (χ0v) is 19.9. The van der Waals surface area contributed by atoms with Crippen LogP contribution in [-0.4, -0.2) is 14.9 Å². The van der Waals surface area contributed by atoms with Gasteiger partial charge in [0.05, 0.1) is 17.6 Å². The van der Waals surface area contributed by atoms with Crippen LogP contribution < -0.4 is 0 Å². The predicted octanol–water partition coefficient (Wildman–Crippen LogP) is 7.39. The third-order valence-electron chi connectivity index (χ3n) is 7.95. The Balaban J connectivity index is 0.00000253. The number of halogens is 1. The summed E-state index contributed by atoms with van der Waals surface area (Å²) in [6.45, 7) is 2.32. The van der Waals surface area contributed by atoms with Crippen molar-refractivity contribution in [3.05, 3.63) is 111 Å². The van der Waals surface area contributed by atoms with E-state index in [2.05, 4.69) is 47.1 Å². The number of aromatic nitrogens is 2. The Morgan fingerprint density at radius 2 is 1.86 bits per heavy atom. The van der Waals surface area contributed by atoms with Crippen LogP contribution in [0.25, 0.3) is 11.8 Å². The summed E-state index contributed by atoms with van der Waals surface area (Å²) in [6, 6.07) is 18.7. The lowest BCUT2D eigenvalue weighted by Crippen LogP contribution is -2.49. The molecule has 0 aliphatic heterocycles. The van der Waals surface area contributed by atoms with Gasteiger partial charge in [-0.2, -0.15) is 16.4 Å². The Labute approximate surface area is 210 Å². The Morgan fingerprint density at radius 3 is 2.57 bits per heavy atom. The van der Waals surface area contributed by atoms with E-state index < -0.39 is 5.60 Å².